The molecule has 2 aliphatic heterocycles. The van der Waals surface area contributed by atoms with Crippen LogP contribution in [0.5, 0.6) is 17.2 Å². The van der Waals surface area contributed by atoms with Crippen LogP contribution in [0, 0.1) is 0 Å². The predicted molar refractivity (Wildman–Crippen MR) is 107 cm³/mol. The first-order valence-corrected chi connectivity index (χ1v) is 9.49. The van der Waals surface area contributed by atoms with Crippen molar-refractivity contribution in [2.24, 2.45) is 0 Å². The maximum atomic E-state index is 12.3. The monoisotopic (exact) mass is 397 g/mol. The largest absolute Gasteiger partial charge is 0.497 e. The van der Waals surface area contributed by atoms with Crippen molar-refractivity contribution in [3.05, 3.63) is 48.5 Å². The Hall–Kier alpha value is -3.42. The molecular formula is C21H23N3O5. The zero-order chi connectivity index (χ0) is 20.2. The highest BCUT2D eigenvalue weighted by atomic mass is 16.6. The van der Waals surface area contributed by atoms with Crippen LogP contribution >= 0.6 is 0 Å². The van der Waals surface area contributed by atoms with Gasteiger partial charge < -0.3 is 29.7 Å². The molecule has 0 saturated carbocycles. The minimum Gasteiger partial charge on any atom is -0.497 e. The van der Waals surface area contributed by atoms with Crippen LogP contribution in [0.15, 0.2) is 48.5 Å². The number of methoxy groups -OCH3 is 1. The first kappa shape index (κ1) is 18.9. The van der Waals surface area contributed by atoms with Gasteiger partial charge in [-0.05, 0) is 36.4 Å². The van der Waals surface area contributed by atoms with Gasteiger partial charge in [-0.25, -0.2) is 4.79 Å². The van der Waals surface area contributed by atoms with Crippen LogP contribution in [-0.4, -0.2) is 50.9 Å². The Morgan fingerprint density at radius 1 is 1.17 bits per heavy atom. The number of benzene rings is 2. The van der Waals surface area contributed by atoms with E-state index in [9.17, 15) is 9.59 Å². The highest BCUT2D eigenvalue weighted by Gasteiger charge is 2.32. The number of para-hydroxylation sites is 2. The Balaban J connectivity index is 1.25. The summed E-state index contributed by atoms with van der Waals surface area (Å²) in [4.78, 5) is 26.3. The number of carbonyl (C=O) groups is 2. The summed E-state index contributed by atoms with van der Waals surface area (Å²) in [7, 11) is 1.60. The molecule has 2 heterocycles. The third kappa shape index (κ3) is 4.37. The molecule has 8 heteroatoms. The SMILES string of the molecule is COc1ccc(N2C[C@H](NC(=O)NC[C@@H]3COc4ccccc4O3)CC2=O)cc1. The van der Waals surface area contributed by atoms with Crippen LogP contribution in [0.1, 0.15) is 6.42 Å². The minimum absolute atomic E-state index is 0.0268. The molecule has 152 valence electrons. The fourth-order valence-electron chi connectivity index (χ4n) is 3.42. The normalized spacial score (nSPS) is 20.3. The number of ether oxygens (including phenoxy) is 3. The summed E-state index contributed by atoms with van der Waals surface area (Å²) in [5.41, 5.74) is 0.784. The maximum absolute atomic E-state index is 12.3. The van der Waals surface area contributed by atoms with Gasteiger partial charge in [0.25, 0.3) is 0 Å². The van der Waals surface area contributed by atoms with Crippen LogP contribution in [0.2, 0.25) is 0 Å². The van der Waals surface area contributed by atoms with E-state index < -0.39 is 0 Å². The van der Waals surface area contributed by atoms with Gasteiger partial charge in [0.15, 0.2) is 17.6 Å². The van der Waals surface area contributed by atoms with E-state index in [0.717, 1.165) is 11.4 Å². The second-order valence-electron chi connectivity index (χ2n) is 6.96. The van der Waals surface area contributed by atoms with Gasteiger partial charge in [-0.3, -0.25) is 4.79 Å². The third-order valence-corrected chi connectivity index (χ3v) is 4.90. The van der Waals surface area contributed by atoms with E-state index in [1.807, 2.05) is 36.4 Å². The highest BCUT2D eigenvalue weighted by molar-refractivity contribution is 5.96. The summed E-state index contributed by atoms with van der Waals surface area (Å²) in [6.45, 7) is 1.10. The number of carbonyl (C=O) groups excluding carboxylic acids is 2. The molecule has 1 saturated heterocycles. The van der Waals surface area contributed by atoms with Gasteiger partial charge in [0.2, 0.25) is 5.91 Å². The zero-order valence-electron chi connectivity index (χ0n) is 16.1. The Morgan fingerprint density at radius 3 is 2.69 bits per heavy atom. The number of amides is 3. The van der Waals surface area contributed by atoms with Gasteiger partial charge in [-0.2, -0.15) is 0 Å². The van der Waals surface area contributed by atoms with Crippen molar-refractivity contribution in [3.8, 4) is 17.2 Å². The minimum atomic E-state index is -0.332. The van der Waals surface area contributed by atoms with Crippen molar-refractivity contribution in [1.29, 1.82) is 0 Å². The Morgan fingerprint density at radius 2 is 1.93 bits per heavy atom. The lowest BCUT2D eigenvalue weighted by Crippen LogP contribution is -2.47. The number of nitrogens with zero attached hydrogens (tertiary/aromatic N) is 1. The molecule has 29 heavy (non-hydrogen) atoms. The molecular weight excluding hydrogens is 374 g/mol. The smallest absolute Gasteiger partial charge is 0.315 e. The summed E-state index contributed by atoms with van der Waals surface area (Å²) in [5.74, 6) is 2.07. The second-order valence-corrected chi connectivity index (χ2v) is 6.96. The number of hydrogen-bond acceptors (Lipinski definition) is 5. The van der Waals surface area contributed by atoms with E-state index >= 15 is 0 Å². The maximum Gasteiger partial charge on any atom is 0.315 e. The molecule has 2 aromatic carbocycles. The summed E-state index contributed by atoms with van der Waals surface area (Å²) in [6.07, 6.45) is -0.00720. The lowest BCUT2D eigenvalue weighted by atomic mass is 10.2. The average Bonchev–Trinajstić information content (AvgIpc) is 3.12. The molecule has 0 bridgehead atoms. The Bertz CT molecular complexity index is 886. The van der Waals surface area contributed by atoms with Gasteiger partial charge in [0, 0.05) is 18.7 Å². The zero-order valence-corrected chi connectivity index (χ0v) is 16.1. The van der Waals surface area contributed by atoms with Gasteiger partial charge in [-0.1, -0.05) is 12.1 Å². The van der Waals surface area contributed by atoms with Crippen LogP contribution in [0.3, 0.4) is 0 Å². The quantitative estimate of drug-likeness (QED) is 0.805. The van der Waals surface area contributed by atoms with Crippen molar-refractivity contribution in [2.45, 2.75) is 18.6 Å². The molecule has 0 aromatic heterocycles. The van der Waals surface area contributed by atoms with Crippen molar-refractivity contribution in [3.63, 3.8) is 0 Å². The van der Waals surface area contributed by atoms with Crippen LogP contribution in [-0.2, 0) is 4.79 Å². The highest BCUT2D eigenvalue weighted by Crippen LogP contribution is 2.30. The number of anilines is 1. The number of fused-ring (bicyclic) bond motifs is 1. The average molecular weight is 397 g/mol. The molecule has 0 unspecified atom stereocenters. The lowest BCUT2D eigenvalue weighted by Gasteiger charge is -2.26. The van der Waals surface area contributed by atoms with Crippen molar-refractivity contribution < 1.29 is 23.8 Å². The standard InChI is InChI=1S/C21H23N3O5/c1-27-16-8-6-15(7-9-16)24-12-14(10-20(24)25)23-21(26)22-11-17-13-28-18-4-2-3-5-19(18)29-17/h2-9,14,17H,10-13H2,1H3,(H2,22,23,26)/t14-,17-/m1/s1. The molecule has 0 spiro atoms. The molecule has 2 N–H and O–H groups in total. The van der Waals surface area contributed by atoms with Crippen molar-refractivity contribution in [1.82, 2.24) is 10.6 Å². The summed E-state index contributed by atoms with van der Waals surface area (Å²) in [5, 5.41) is 5.65. The molecule has 2 aliphatic rings. The van der Waals surface area contributed by atoms with Gasteiger partial charge in [0.05, 0.1) is 19.7 Å². The van der Waals surface area contributed by atoms with E-state index in [1.54, 1.807) is 24.1 Å². The first-order valence-electron chi connectivity index (χ1n) is 9.49. The second kappa shape index (κ2) is 8.30. The van der Waals surface area contributed by atoms with E-state index in [4.69, 9.17) is 14.2 Å². The van der Waals surface area contributed by atoms with E-state index in [2.05, 4.69) is 10.6 Å². The van der Waals surface area contributed by atoms with Gasteiger partial charge in [-0.15, -0.1) is 0 Å². The Labute approximate surface area is 168 Å². The molecule has 0 radical (unpaired) electrons. The van der Waals surface area contributed by atoms with Crippen LogP contribution in [0.25, 0.3) is 0 Å². The van der Waals surface area contributed by atoms with Crippen LogP contribution < -0.4 is 29.7 Å². The first-order chi connectivity index (χ1) is 14.1. The van der Waals surface area contributed by atoms with E-state index in [0.29, 0.717) is 31.2 Å². The van der Waals surface area contributed by atoms with E-state index in [-0.39, 0.29) is 30.5 Å². The number of hydrogen-bond donors (Lipinski definition) is 2. The predicted octanol–water partition coefficient (Wildman–Crippen LogP) is 1.94. The summed E-state index contributed by atoms with van der Waals surface area (Å²) < 4.78 is 16.6. The molecule has 8 nitrogen and oxygen atoms in total. The van der Waals surface area contributed by atoms with Crippen molar-refractivity contribution >= 4 is 17.6 Å². The van der Waals surface area contributed by atoms with Crippen LogP contribution in [0.4, 0.5) is 10.5 Å². The third-order valence-electron chi connectivity index (χ3n) is 4.90. The van der Waals surface area contributed by atoms with E-state index in [1.165, 1.54) is 0 Å². The molecule has 1 fully saturated rings. The van der Waals surface area contributed by atoms with Crippen molar-refractivity contribution in [2.75, 3.05) is 31.7 Å². The van der Waals surface area contributed by atoms with Gasteiger partial charge in [0.1, 0.15) is 12.4 Å². The fourth-order valence-corrected chi connectivity index (χ4v) is 3.42. The number of urea groups is 1. The molecule has 4 rings (SSSR count). The Kier molecular flexibility index (Phi) is 5.41. The fraction of sp³-hybridized carbons (Fsp3) is 0.333. The molecule has 2 aromatic rings. The summed E-state index contributed by atoms with van der Waals surface area (Å²) >= 11 is 0. The number of rotatable bonds is 5. The molecule has 0 aliphatic carbocycles. The number of nitrogens with one attached hydrogen (secondary N) is 2. The lowest BCUT2D eigenvalue weighted by molar-refractivity contribution is -0.117. The summed E-state index contributed by atoms with van der Waals surface area (Å²) in [6, 6.07) is 14.1. The molecule has 3 amide bonds. The topological polar surface area (TPSA) is 89.1 Å². The molecule has 2 atom stereocenters. The van der Waals surface area contributed by atoms with Gasteiger partial charge >= 0.3 is 6.03 Å².